The minimum atomic E-state index is -3.59. The van der Waals surface area contributed by atoms with Crippen LogP contribution in [0, 0.1) is 11.3 Å². The van der Waals surface area contributed by atoms with Crippen molar-refractivity contribution in [3.63, 3.8) is 0 Å². The van der Waals surface area contributed by atoms with Gasteiger partial charge in [0.2, 0.25) is 0 Å². The fourth-order valence-corrected chi connectivity index (χ4v) is 3.82. The maximum Gasteiger partial charge on any atom is 0.188 e. The molecule has 0 aliphatic heterocycles. The Kier molecular flexibility index (Phi) is 6.13. The van der Waals surface area contributed by atoms with Crippen LogP contribution >= 0.6 is 0 Å². The Morgan fingerprint density at radius 2 is 1.56 bits per heavy atom. The number of phenols is 1. The monoisotopic (exact) mass is 363 g/mol. The molecule has 138 valence electrons. The molecule has 0 radical (unpaired) electrons. The SMILES string of the molecule is CCCS(=O)(=O)/C(C#N)=C\c1cc(C(C)(C)C)c(O)c(C(C)(C)C)c1. The molecule has 0 aliphatic carbocycles. The van der Waals surface area contributed by atoms with Crippen LogP contribution in [0.5, 0.6) is 5.75 Å². The van der Waals surface area contributed by atoms with E-state index in [2.05, 4.69) is 0 Å². The average Bonchev–Trinajstić information content (AvgIpc) is 2.43. The summed E-state index contributed by atoms with van der Waals surface area (Å²) in [5.74, 6) is 0.176. The first kappa shape index (κ1) is 21.2. The van der Waals surface area contributed by atoms with Gasteiger partial charge in [0.05, 0.1) is 5.75 Å². The topological polar surface area (TPSA) is 78.2 Å². The van der Waals surface area contributed by atoms with Crippen molar-refractivity contribution >= 4 is 15.9 Å². The number of allylic oxidation sites excluding steroid dienone is 1. The van der Waals surface area contributed by atoms with Gasteiger partial charge in [-0.15, -0.1) is 0 Å². The van der Waals surface area contributed by atoms with Crippen LogP contribution in [0.2, 0.25) is 0 Å². The second-order valence-corrected chi connectivity index (χ2v) is 10.5. The maximum absolute atomic E-state index is 12.3. The first-order chi connectivity index (χ1) is 11.2. The number of aromatic hydroxyl groups is 1. The Morgan fingerprint density at radius 1 is 1.12 bits per heavy atom. The van der Waals surface area contributed by atoms with Crippen molar-refractivity contribution in [2.75, 3.05) is 5.75 Å². The third kappa shape index (κ3) is 5.09. The fraction of sp³-hybridized carbons (Fsp3) is 0.550. The van der Waals surface area contributed by atoms with Gasteiger partial charge in [0.1, 0.15) is 16.7 Å². The second-order valence-electron chi connectivity index (χ2n) is 8.40. The number of rotatable bonds is 4. The Morgan fingerprint density at radius 3 is 1.88 bits per heavy atom. The van der Waals surface area contributed by atoms with Crippen LogP contribution in [0.25, 0.3) is 6.08 Å². The van der Waals surface area contributed by atoms with Crippen LogP contribution in [-0.2, 0) is 20.7 Å². The highest BCUT2D eigenvalue weighted by Gasteiger charge is 2.27. The van der Waals surface area contributed by atoms with Gasteiger partial charge >= 0.3 is 0 Å². The van der Waals surface area contributed by atoms with E-state index in [-0.39, 0.29) is 27.2 Å². The first-order valence-electron chi connectivity index (χ1n) is 8.46. The highest BCUT2D eigenvalue weighted by molar-refractivity contribution is 7.95. The van der Waals surface area contributed by atoms with E-state index in [0.29, 0.717) is 12.0 Å². The molecule has 0 atom stereocenters. The Bertz CT molecular complexity index is 779. The van der Waals surface area contributed by atoms with Crippen molar-refractivity contribution in [1.82, 2.24) is 0 Å². The minimum Gasteiger partial charge on any atom is -0.507 e. The van der Waals surface area contributed by atoms with Crippen LogP contribution in [0.1, 0.15) is 71.6 Å². The molecule has 0 saturated heterocycles. The summed E-state index contributed by atoms with van der Waals surface area (Å²) in [7, 11) is -3.59. The lowest BCUT2D eigenvalue weighted by atomic mass is 9.78. The normalized spacial score (nSPS) is 13.6. The van der Waals surface area contributed by atoms with Gasteiger partial charge in [-0.25, -0.2) is 8.42 Å². The quantitative estimate of drug-likeness (QED) is 0.788. The molecule has 0 spiro atoms. The molecule has 0 fully saturated rings. The van der Waals surface area contributed by atoms with Gasteiger partial charge in [0.25, 0.3) is 0 Å². The molecular formula is C20H29NO3S. The summed E-state index contributed by atoms with van der Waals surface area (Å²) < 4.78 is 24.5. The zero-order valence-corrected chi connectivity index (χ0v) is 17.1. The number of sulfone groups is 1. The van der Waals surface area contributed by atoms with E-state index in [1.807, 2.05) is 47.6 Å². The van der Waals surface area contributed by atoms with Crippen LogP contribution in [-0.4, -0.2) is 19.3 Å². The molecule has 0 unspecified atom stereocenters. The fourth-order valence-electron chi connectivity index (χ4n) is 2.61. The largest absolute Gasteiger partial charge is 0.507 e. The predicted molar refractivity (Wildman–Crippen MR) is 103 cm³/mol. The van der Waals surface area contributed by atoms with E-state index in [1.165, 1.54) is 6.08 Å². The number of phenolic OH excluding ortho intramolecular Hbond substituents is 1. The van der Waals surface area contributed by atoms with Gasteiger partial charge in [-0.2, -0.15) is 5.26 Å². The number of hydrogen-bond donors (Lipinski definition) is 1. The van der Waals surface area contributed by atoms with Crippen molar-refractivity contribution in [2.24, 2.45) is 0 Å². The van der Waals surface area contributed by atoms with E-state index >= 15 is 0 Å². The highest BCUT2D eigenvalue weighted by atomic mass is 32.2. The summed E-state index contributed by atoms with van der Waals surface area (Å²) in [6, 6.07) is 5.35. The van der Waals surface area contributed by atoms with E-state index in [9.17, 15) is 18.8 Å². The summed E-state index contributed by atoms with van der Waals surface area (Å²) in [4.78, 5) is -0.236. The summed E-state index contributed by atoms with van der Waals surface area (Å²) in [5.41, 5.74) is 1.45. The molecule has 1 rings (SSSR count). The number of nitriles is 1. The lowest BCUT2D eigenvalue weighted by Gasteiger charge is -2.28. The van der Waals surface area contributed by atoms with Crippen molar-refractivity contribution in [2.45, 2.75) is 65.7 Å². The lowest BCUT2D eigenvalue weighted by Crippen LogP contribution is -2.17. The zero-order chi connectivity index (χ0) is 19.6. The lowest BCUT2D eigenvalue weighted by molar-refractivity contribution is 0.423. The molecule has 5 heteroatoms. The van der Waals surface area contributed by atoms with Gasteiger partial charge in [-0.3, -0.25) is 0 Å². The minimum absolute atomic E-state index is 0.0528. The molecule has 0 saturated carbocycles. The molecule has 0 aromatic heterocycles. The summed E-state index contributed by atoms with van der Waals surface area (Å²) in [6.45, 7) is 13.7. The predicted octanol–water partition coefficient (Wildman–Crippen LogP) is 4.68. The van der Waals surface area contributed by atoms with Crippen LogP contribution in [0.15, 0.2) is 17.0 Å². The van der Waals surface area contributed by atoms with Gasteiger partial charge in [0.15, 0.2) is 9.84 Å². The Labute approximate surface area is 152 Å². The van der Waals surface area contributed by atoms with Gasteiger partial charge in [-0.1, -0.05) is 48.5 Å². The van der Waals surface area contributed by atoms with E-state index < -0.39 is 9.84 Å². The maximum atomic E-state index is 12.3. The van der Waals surface area contributed by atoms with Crippen molar-refractivity contribution in [3.8, 4) is 11.8 Å². The zero-order valence-electron chi connectivity index (χ0n) is 16.3. The molecule has 4 nitrogen and oxygen atoms in total. The second kappa shape index (κ2) is 7.21. The van der Waals surface area contributed by atoms with Crippen LogP contribution in [0.3, 0.4) is 0 Å². The van der Waals surface area contributed by atoms with Gasteiger partial charge < -0.3 is 5.11 Å². The van der Waals surface area contributed by atoms with E-state index in [0.717, 1.165) is 11.1 Å². The molecule has 0 amide bonds. The summed E-state index contributed by atoms with van der Waals surface area (Å²) in [6.07, 6.45) is 1.87. The number of hydrogen-bond acceptors (Lipinski definition) is 4. The highest BCUT2D eigenvalue weighted by Crippen LogP contribution is 2.40. The van der Waals surface area contributed by atoms with Crippen LogP contribution in [0.4, 0.5) is 0 Å². The molecule has 25 heavy (non-hydrogen) atoms. The Balaban J connectivity index is 3.72. The van der Waals surface area contributed by atoms with Crippen molar-refractivity contribution in [1.29, 1.82) is 5.26 Å². The summed E-state index contributed by atoms with van der Waals surface area (Å²) in [5, 5.41) is 20.0. The first-order valence-corrected chi connectivity index (χ1v) is 10.1. The number of benzene rings is 1. The standard InChI is InChI=1S/C20H29NO3S/c1-8-9-25(23,24)15(13-21)10-14-11-16(19(2,3)4)18(22)17(12-14)20(5,6)7/h10-12,22H,8-9H2,1-7H3/b15-10-. The molecule has 0 bridgehead atoms. The molecule has 1 aromatic carbocycles. The molecule has 1 N–H and O–H groups in total. The van der Waals surface area contributed by atoms with Crippen molar-refractivity contribution < 1.29 is 13.5 Å². The molecule has 1 aromatic rings. The van der Waals surface area contributed by atoms with E-state index in [1.54, 1.807) is 19.1 Å². The third-order valence-corrected chi connectivity index (χ3v) is 5.79. The third-order valence-electron chi connectivity index (χ3n) is 3.96. The average molecular weight is 364 g/mol. The van der Waals surface area contributed by atoms with Crippen LogP contribution < -0.4 is 0 Å². The summed E-state index contributed by atoms with van der Waals surface area (Å²) >= 11 is 0. The van der Waals surface area contributed by atoms with Crippen molar-refractivity contribution in [3.05, 3.63) is 33.7 Å². The molecule has 0 aliphatic rings. The van der Waals surface area contributed by atoms with E-state index in [4.69, 9.17) is 0 Å². The Hall–Kier alpha value is -1.80. The van der Waals surface area contributed by atoms with Gasteiger partial charge in [-0.05, 0) is 41.0 Å². The smallest absolute Gasteiger partial charge is 0.188 e. The molecular weight excluding hydrogens is 334 g/mol. The van der Waals surface area contributed by atoms with Gasteiger partial charge in [0, 0.05) is 11.1 Å². The molecule has 0 heterocycles. The number of nitrogens with zero attached hydrogens (tertiary/aromatic N) is 1.